The van der Waals surface area contributed by atoms with Gasteiger partial charge in [-0.1, -0.05) is 70.5 Å². The summed E-state index contributed by atoms with van der Waals surface area (Å²) in [5.74, 6) is -0.289. The number of carbonyl (C=O) groups excluding carboxylic acids is 2. The van der Waals surface area contributed by atoms with E-state index in [9.17, 15) is 14.7 Å². The number of methoxy groups -OCH3 is 2. The predicted octanol–water partition coefficient (Wildman–Crippen LogP) is 5.69. The van der Waals surface area contributed by atoms with Crippen LogP contribution in [0.5, 0.6) is 11.5 Å². The normalized spacial score (nSPS) is 15.6. The van der Waals surface area contributed by atoms with E-state index < -0.39 is 23.5 Å². The summed E-state index contributed by atoms with van der Waals surface area (Å²) in [6, 6.07) is 21.6. The molecule has 0 aromatic heterocycles. The second kappa shape index (κ2) is 11.3. The van der Waals surface area contributed by atoms with Gasteiger partial charge in [-0.2, -0.15) is 0 Å². The van der Waals surface area contributed by atoms with E-state index in [2.05, 4.69) is 15.9 Å². The zero-order chi connectivity index (χ0) is 25.7. The van der Waals surface area contributed by atoms with Crippen LogP contribution in [0.15, 0.2) is 94.7 Å². The molecule has 0 spiro atoms. The molecule has 0 saturated carbocycles. The van der Waals surface area contributed by atoms with Crippen molar-refractivity contribution in [3.8, 4) is 11.5 Å². The molecular weight excluding hydrogens is 522 g/mol. The largest absolute Gasteiger partial charge is 0.503 e. The fraction of sp³-hybridized carbons (Fsp3) is 0.172. The maximum atomic E-state index is 13.3. The molecule has 0 radical (unpaired) electrons. The van der Waals surface area contributed by atoms with E-state index in [1.165, 1.54) is 6.08 Å². The van der Waals surface area contributed by atoms with Gasteiger partial charge in [0.05, 0.1) is 25.8 Å². The third kappa shape index (κ3) is 5.36. The van der Waals surface area contributed by atoms with Crippen LogP contribution >= 0.6 is 15.9 Å². The van der Waals surface area contributed by atoms with Gasteiger partial charge in [-0.15, -0.1) is 0 Å². The van der Waals surface area contributed by atoms with Crippen molar-refractivity contribution in [3.63, 3.8) is 0 Å². The minimum absolute atomic E-state index is 0.0711. The predicted molar refractivity (Wildman–Crippen MR) is 142 cm³/mol. The molecule has 1 amide bonds. The first kappa shape index (κ1) is 25.3. The molecule has 1 heterocycles. The molecule has 7 heteroatoms. The average Bonchev–Trinajstić information content (AvgIpc) is 3.16. The fourth-order valence-corrected chi connectivity index (χ4v) is 4.50. The Balaban J connectivity index is 1.64. The van der Waals surface area contributed by atoms with E-state index >= 15 is 0 Å². The van der Waals surface area contributed by atoms with Gasteiger partial charge >= 0.3 is 0 Å². The number of halogens is 1. The topological polar surface area (TPSA) is 76.1 Å². The number of hydrogen-bond acceptors (Lipinski definition) is 5. The summed E-state index contributed by atoms with van der Waals surface area (Å²) in [6.45, 7) is 0.290. The highest BCUT2D eigenvalue weighted by atomic mass is 79.9. The maximum absolute atomic E-state index is 13.3. The Morgan fingerprint density at radius 3 is 2.36 bits per heavy atom. The number of carbonyl (C=O) groups is 2. The van der Waals surface area contributed by atoms with Crippen LogP contribution in [0, 0.1) is 0 Å². The maximum Gasteiger partial charge on any atom is 0.290 e. The van der Waals surface area contributed by atoms with E-state index in [4.69, 9.17) is 9.47 Å². The molecule has 6 nitrogen and oxygen atoms in total. The summed E-state index contributed by atoms with van der Waals surface area (Å²) >= 11 is 3.43. The van der Waals surface area contributed by atoms with Crippen LogP contribution in [0.3, 0.4) is 0 Å². The number of amides is 1. The van der Waals surface area contributed by atoms with Crippen molar-refractivity contribution in [1.82, 2.24) is 4.90 Å². The first-order valence-electron chi connectivity index (χ1n) is 11.4. The first-order chi connectivity index (χ1) is 17.4. The van der Waals surface area contributed by atoms with Crippen molar-refractivity contribution >= 4 is 33.7 Å². The van der Waals surface area contributed by atoms with E-state index in [-0.39, 0.29) is 12.1 Å². The second-order valence-electron chi connectivity index (χ2n) is 8.26. The number of nitrogens with zero attached hydrogens (tertiary/aromatic N) is 1. The molecule has 1 atom stereocenters. The molecule has 0 bridgehead atoms. The summed E-state index contributed by atoms with van der Waals surface area (Å²) in [6.07, 6.45) is 3.57. The minimum atomic E-state index is -0.710. The van der Waals surface area contributed by atoms with E-state index in [1.807, 2.05) is 72.8 Å². The molecule has 0 fully saturated rings. The molecule has 0 unspecified atom stereocenters. The Hall–Kier alpha value is -3.84. The number of rotatable bonds is 9. The Kier molecular flexibility index (Phi) is 7.90. The van der Waals surface area contributed by atoms with Crippen molar-refractivity contribution in [3.05, 3.63) is 111 Å². The molecule has 3 aromatic rings. The van der Waals surface area contributed by atoms with Gasteiger partial charge in [0.15, 0.2) is 23.0 Å². The van der Waals surface area contributed by atoms with Crippen LogP contribution in [0.25, 0.3) is 6.08 Å². The number of ether oxygens (including phenoxy) is 2. The third-order valence-electron chi connectivity index (χ3n) is 6.07. The van der Waals surface area contributed by atoms with Crippen molar-refractivity contribution in [2.45, 2.75) is 12.5 Å². The third-order valence-corrected chi connectivity index (χ3v) is 6.60. The standard InChI is InChI=1S/C29H26BrNO5/c1-35-24-15-9-20(18-25(24)36-2)16-17-31-27(21-10-12-22(30)13-11-21)26(28(33)29(31)34)23(32)14-8-19-6-4-3-5-7-19/h3-15,18,27,33H,16-17H2,1-2H3/b14-8+/t27-/m0/s1. The van der Waals surface area contributed by atoms with Gasteiger partial charge in [-0.3, -0.25) is 9.59 Å². The molecule has 1 N–H and O–H groups in total. The van der Waals surface area contributed by atoms with Crippen molar-refractivity contribution in [1.29, 1.82) is 0 Å². The average molecular weight is 548 g/mol. The molecular formula is C29H26BrNO5. The van der Waals surface area contributed by atoms with E-state index in [1.54, 1.807) is 25.2 Å². The summed E-state index contributed by atoms with van der Waals surface area (Å²) in [5, 5.41) is 10.8. The number of aliphatic hydroxyl groups is 1. The molecule has 0 aliphatic carbocycles. The lowest BCUT2D eigenvalue weighted by Gasteiger charge is -2.27. The number of allylic oxidation sites excluding steroid dienone is 1. The molecule has 1 aliphatic rings. The zero-order valence-electron chi connectivity index (χ0n) is 20.0. The molecule has 4 rings (SSSR count). The number of ketones is 1. The summed E-state index contributed by atoms with van der Waals surface area (Å²) < 4.78 is 11.6. The summed E-state index contributed by atoms with van der Waals surface area (Å²) in [7, 11) is 3.14. The molecule has 1 aliphatic heterocycles. The molecule has 0 saturated heterocycles. The van der Waals surface area contributed by atoms with Gasteiger partial charge in [0.25, 0.3) is 5.91 Å². The zero-order valence-corrected chi connectivity index (χ0v) is 21.6. The smallest absolute Gasteiger partial charge is 0.290 e. The Morgan fingerprint density at radius 2 is 1.69 bits per heavy atom. The number of aliphatic hydroxyl groups excluding tert-OH is 1. The van der Waals surface area contributed by atoms with Crippen molar-refractivity contribution in [2.24, 2.45) is 0 Å². The van der Waals surface area contributed by atoms with Gasteiger partial charge in [0.1, 0.15) is 0 Å². The van der Waals surface area contributed by atoms with Crippen molar-refractivity contribution in [2.75, 3.05) is 20.8 Å². The highest BCUT2D eigenvalue weighted by Crippen LogP contribution is 2.38. The number of benzene rings is 3. The highest BCUT2D eigenvalue weighted by Gasteiger charge is 2.42. The molecule has 36 heavy (non-hydrogen) atoms. The monoisotopic (exact) mass is 547 g/mol. The van der Waals surface area contributed by atoms with Gasteiger partial charge in [-0.25, -0.2) is 0 Å². The Bertz CT molecular complexity index is 1320. The van der Waals surface area contributed by atoms with E-state index in [0.29, 0.717) is 17.9 Å². The van der Waals surface area contributed by atoms with Crippen LogP contribution in [0.1, 0.15) is 22.7 Å². The van der Waals surface area contributed by atoms with Crippen LogP contribution in [0.4, 0.5) is 0 Å². The van der Waals surface area contributed by atoms with Gasteiger partial charge < -0.3 is 19.5 Å². The fourth-order valence-electron chi connectivity index (χ4n) is 4.24. The molecule has 3 aromatic carbocycles. The minimum Gasteiger partial charge on any atom is -0.503 e. The van der Waals surface area contributed by atoms with Crippen LogP contribution in [-0.4, -0.2) is 42.5 Å². The van der Waals surface area contributed by atoms with Gasteiger partial charge in [-0.05, 0) is 53.5 Å². The lowest BCUT2D eigenvalue weighted by Crippen LogP contribution is -2.33. The summed E-state index contributed by atoms with van der Waals surface area (Å²) in [4.78, 5) is 28.0. The van der Waals surface area contributed by atoms with Crippen LogP contribution < -0.4 is 9.47 Å². The van der Waals surface area contributed by atoms with Gasteiger partial charge in [0, 0.05) is 11.0 Å². The summed E-state index contributed by atoms with van der Waals surface area (Å²) in [5.41, 5.74) is 2.58. The first-order valence-corrected chi connectivity index (χ1v) is 12.2. The van der Waals surface area contributed by atoms with Crippen LogP contribution in [-0.2, 0) is 16.0 Å². The Morgan fingerprint density at radius 1 is 1.00 bits per heavy atom. The lowest BCUT2D eigenvalue weighted by atomic mass is 9.95. The van der Waals surface area contributed by atoms with E-state index in [0.717, 1.165) is 21.2 Å². The Labute approximate surface area is 218 Å². The SMILES string of the molecule is COc1ccc(CCN2C(=O)C(O)=C(C(=O)/C=C/c3ccccc3)[C@@H]2c2ccc(Br)cc2)cc1OC. The van der Waals surface area contributed by atoms with Crippen LogP contribution in [0.2, 0.25) is 0 Å². The van der Waals surface area contributed by atoms with Crippen molar-refractivity contribution < 1.29 is 24.2 Å². The molecule has 184 valence electrons. The quantitative estimate of drug-likeness (QED) is 0.348. The highest BCUT2D eigenvalue weighted by molar-refractivity contribution is 9.10. The lowest BCUT2D eigenvalue weighted by molar-refractivity contribution is -0.129. The van der Waals surface area contributed by atoms with Gasteiger partial charge in [0.2, 0.25) is 0 Å². The second-order valence-corrected chi connectivity index (χ2v) is 9.18. The number of hydrogen-bond donors (Lipinski definition) is 1.